The quantitative estimate of drug-likeness (QED) is 0.824. The average molecular weight is 310 g/mol. The van der Waals surface area contributed by atoms with Crippen LogP contribution in [-0.2, 0) is 22.5 Å². The zero-order valence-electron chi connectivity index (χ0n) is 13.2. The zero-order valence-corrected chi connectivity index (χ0v) is 13.2. The lowest BCUT2D eigenvalue weighted by Gasteiger charge is -2.25. The minimum Gasteiger partial charge on any atom is -0.381 e. The first-order valence-electron chi connectivity index (χ1n) is 8.13. The number of carbonyl (C=O) groups excluding carboxylic acids is 1. The van der Waals surface area contributed by atoms with E-state index >= 15 is 0 Å². The first-order valence-corrected chi connectivity index (χ1v) is 8.13. The summed E-state index contributed by atoms with van der Waals surface area (Å²) in [6, 6.07) is 16.1. The van der Waals surface area contributed by atoms with Crippen molar-refractivity contribution >= 4 is 5.91 Å². The monoisotopic (exact) mass is 310 g/mol. The fraction of sp³-hybridized carbons (Fsp3) is 0.368. The third-order valence-electron chi connectivity index (χ3n) is 4.18. The maximum Gasteiger partial charge on any atom is 0.228 e. The molecule has 0 unspecified atom stereocenters. The lowest BCUT2D eigenvalue weighted by molar-refractivity contribution is -0.136. The molecular formula is C19H22N2O2. The Morgan fingerprint density at radius 2 is 2.00 bits per heavy atom. The molecule has 0 bridgehead atoms. The lowest BCUT2D eigenvalue weighted by atomic mass is 10.1. The van der Waals surface area contributed by atoms with Crippen molar-refractivity contribution in [3.05, 3.63) is 66.0 Å². The van der Waals surface area contributed by atoms with Crippen LogP contribution in [0.5, 0.6) is 0 Å². The molecule has 0 spiro atoms. The SMILES string of the molecule is O=C([C@H]1CCOC1)N(CCc1ccccc1)Cc1ccccn1. The fourth-order valence-electron chi connectivity index (χ4n) is 2.85. The molecule has 1 saturated heterocycles. The highest BCUT2D eigenvalue weighted by molar-refractivity contribution is 5.79. The number of rotatable bonds is 6. The minimum atomic E-state index is -0.00511. The maximum atomic E-state index is 12.8. The first kappa shape index (κ1) is 15.7. The molecule has 1 aliphatic rings. The van der Waals surface area contributed by atoms with Crippen molar-refractivity contribution in [2.45, 2.75) is 19.4 Å². The van der Waals surface area contributed by atoms with Gasteiger partial charge in [0.2, 0.25) is 5.91 Å². The van der Waals surface area contributed by atoms with E-state index in [0.717, 1.165) is 18.5 Å². The second kappa shape index (κ2) is 7.88. The van der Waals surface area contributed by atoms with E-state index in [-0.39, 0.29) is 11.8 Å². The number of nitrogens with zero attached hydrogens (tertiary/aromatic N) is 2. The van der Waals surface area contributed by atoms with E-state index in [0.29, 0.717) is 26.3 Å². The van der Waals surface area contributed by atoms with E-state index in [4.69, 9.17) is 4.74 Å². The Hall–Kier alpha value is -2.20. The van der Waals surface area contributed by atoms with Crippen molar-refractivity contribution < 1.29 is 9.53 Å². The molecule has 2 aromatic rings. The topological polar surface area (TPSA) is 42.4 Å². The van der Waals surface area contributed by atoms with E-state index in [9.17, 15) is 4.79 Å². The standard InChI is InChI=1S/C19H22N2O2/c22-19(17-10-13-23-15-17)21(14-18-8-4-5-11-20-18)12-9-16-6-2-1-3-7-16/h1-8,11,17H,9-10,12-15H2/t17-/m0/s1. The number of carbonyl (C=O) groups is 1. The van der Waals surface area contributed by atoms with Gasteiger partial charge in [0.15, 0.2) is 0 Å². The van der Waals surface area contributed by atoms with Crippen molar-refractivity contribution in [3.63, 3.8) is 0 Å². The van der Waals surface area contributed by atoms with E-state index in [1.807, 2.05) is 41.3 Å². The van der Waals surface area contributed by atoms with Crippen LogP contribution in [0.2, 0.25) is 0 Å². The molecule has 2 heterocycles. The van der Waals surface area contributed by atoms with Gasteiger partial charge in [-0.15, -0.1) is 0 Å². The molecule has 23 heavy (non-hydrogen) atoms. The average Bonchev–Trinajstić information content (AvgIpc) is 3.14. The number of hydrogen-bond acceptors (Lipinski definition) is 3. The largest absolute Gasteiger partial charge is 0.381 e. The molecular weight excluding hydrogens is 288 g/mol. The number of aromatic nitrogens is 1. The van der Waals surface area contributed by atoms with Crippen LogP contribution >= 0.6 is 0 Å². The van der Waals surface area contributed by atoms with Gasteiger partial charge in [-0.2, -0.15) is 0 Å². The van der Waals surface area contributed by atoms with Gasteiger partial charge in [0.1, 0.15) is 0 Å². The van der Waals surface area contributed by atoms with Gasteiger partial charge in [0.05, 0.1) is 24.8 Å². The van der Waals surface area contributed by atoms with Crippen LogP contribution in [-0.4, -0.2) is 35.5 Å². The van der Waals surface area contributed by atoms with Gasteiger partial charge >= 0.3 is 0 Å². The van der Waals surface area contributed by atoms with Crippen molar-refractivity contribution in [2.24, 2.45) is 5.92 Å². The third kappa shape index (κ3) is 4.39. The number of ether oxygens (including phenoxy) is 1. The molecule has 0 N–H and O–H groups in total. The zero-order chi connectivity index (χ0) is 15.9. The fourth-order valence-corrected chi connectivity index (χ4v) is 2.85. The van der Waals surface area contributed by atoms with Crippen LogP contribution in [0, 0.1) is 5.92 Å². The Kier molecular flexibility index (Phi) is 5.37. The van der Waals surface area contributed by atoms with Gasteiger partial charge < -0.3 is 9.64 Å². The highest BCUT2D eigenvalue weighted by Gasteiger charge is 2.28. The Morgan fingerprint density at radius 1 is 1.17 bits per heavy atom. The summed E-state index contributed by atoms with van der Waals surface area (Å²) in [5.41, 5.74) is 2.17. The molecule has 120 valence electrons. The molecule has 1 amide bonds. The maximum absolute atomic E-state index is 12.8. The van der Waals surface area contributed by atoms with Gasteiger partial charge in [-0.25, -0.2) is 0 Å². The molecule has 1 fully saturated rings. The number of amides is 1. The summed E-state index contributed by atoms with van der Waals surface area (Å²) in [4.78, 5) is 19.1. The minimum absolute atomic E-state index is 0.00511. The summed E-state index contributed by atoms with van der Waals surface area (Å²) in [7, 11) is 0. The molecule has 0 radical (unpaired) electrons. The number of benzene rings is 1. The molecule has 1 aliphatic heterocycles. The second-order valence-electron chi connectivity index (χ2n) is 5.88. The Morgan fingerprint density at radius 3 is 2.70 bits per heavy atom. The van der Waals surface area contributed by atoms with Gasteiger partial charge in [-0.1, -0.05) is 36.4 Å². The molecule has 1 aromatic carbocycles. The normalized spacial score (nSPS) is 17.1. The van der Waals surface area contributed by atoms with Crippen LogP contribution < -0.4 is 0 Å². The van der Waals surface area contributed by atoms with Crippen LogP contribution in [0.4, 0.5) is 0 Å². The summed E-state index contributed by atoms with van der Waals surface area (Å²) in [6.07, 6.45) is 3.45. The molecule has 4 nitrogen and oxygen atoms in total. The van der Waals surface area contributed by atoms with E-state index in [1.54, 1.807) is 6.20 Å². The predicted molar refractivity (Wildman–Crippen MR) is 88.7 cm³/mol. The van der Waals surface area contributed by atoms with Crippen molar-refractivity contribution in [1.29, 1.82) is 0 Å². The van der Waals surface area contributed by atoms with Crippen molar-refractivity contribution in [3.8, 4) is 0 Å². The lowest BCUT2D eigenvalue weighted by Crippen LogP contribution is -2.37. The first-order chi connectivity index (χ1) is 11.3. The Bertz CT molecular complexity index is 610. The summed E-state index contributed by atoms with van der Waals surface area (Å²) in [5.74, 6) is 0.179. The molecule has 0 saturated carbocycles. The summed E-state index contributed by atoms with van der Waals surface area (Å²) in [6.45, 7) is 2.49. The van der Waals surface area contributed by atoms with Crippen LogP contribution in [0.25, 0.3) is 0 Å². The van der Waals surface area contributed by atoms with Crippen LogP contribution in [0.15, 0.2) is 54.7 Å². The molecule has 1 aromatic heterocycles. The molecule has 3 rings (SSSR count). The Balaban J connectivity index is 1.68. The highest BCUT2D eigenvalue weighted by atomic mass is 16.5. The van der Waals surface area contributed by atoms with E-state index in [1.165, 1.54) is 5.56 Å². The summed E-state index contributed by atoms with van der Waals surface area (Å²) in [5, 5.41) is 0. The number of hydrogen-bond donors (Lipinski definition) is 0. The van der Waals surface area contributed by atoms with E-state index < -0.39 is 0 Å². The summed E-state index contributed by atoms with van der Waals surface area (Å²) >= 11 is 0. The predicted octanol–water partition coefficient (Wildman–Crippen LogP) is 2.69. The van der Waals surface area contributed by atoms with Gasteiger partial charge in [0, 0.05) is 19.3 Å². The van der Waals surface area contributed by atoms with Gasteiger partial charge in [0.25, 0.3) is 0 Å². The van der Waals surface area contributed by atoms with E-state index in [2.05, 4.69) is 17.1 Å². The highest BCUT2D eigenvalue weighted by Crippen LogP contribution is 2.17. The third-order valence-corrected chi connectivity index (χ3v) is 4.18. The molecule has 0 aliphatic carbocycles. The Labute approximate surface area is 137 Å². The smallest absolute Gasteiger partial charge is 0.228 e. The molecule has 4 heteroatoms. The number of pyridine rings is 1. The van der Waals surface area contributed by atoms with Gasteiger partial charge in [-0.3, -0.25) is 9.78 Å². The summed E-state index contributed by atoms with van der Waals surface area (Å²) < 4.78 is 5.38. The van der Waals surface area contributed by atoms with Gasteiger partial charge in [-0.05, 0) is 30.5 Å². The second-order valence-corrected chi connectivity index (χ2v) is 5.88. The van der Waals surface area contributed by atoms with Crippen LogP contribution in [0.1, 0.15) is 17.7 Å². The molecule has 1 atom stereocenters. The van der Waals surface area contributed by atoms with Crippen molar-refractivity contribution in [1.82, 2.24) is 9.88 Å². The van der Waals surface area contributed by atoms with Crippen LogP contribution in [0.3, 0.4) is 0 Å². The van der Waals surface area contributed by atoms with Crippen molar-refractivity contribution in [2.75, 3.05) is 19.8 Å².